The van der Waals surface area contributed by atoms with Crippen molar-refractivity contribution in [3.8, 4) is 0 Å². The number of nitrogens with zero attached hydrogens (tertiary/aromatic N) is 3. The van der Waals surface area contributed by atoms with Gasteiger partial charge in [0, 0.05) is 65.9 Å². The fourth-order valence-electron chi connectivity index (χ4n) is 5.07. The Labute approximate surface area is 252 Å². The number of carboxylic acids is 1. The van der Waals surface area contributed by atoms with E-state index in [2.05, 4.69) is 17.5 Å². The SMILES string of the molecule is C=C(C(=O)N1CCN(C(=O)c2ccco2)CC1)c1ccc(Sc2cccc(N3CCC(C(=O)O)CC3)c2)c(Cl)c1Cl. The standard InChI is InChI=1S/C30H29Cl2N3O5S/c1-19(28(36)34-13-15-35(16-14-34)29(37)24-6-3-17-40-24)23-7-8-25(27(32)26(23)31)41-22-5-2-4-21(18-22)33-11-9-20(10-12-33)30(38)39/h2-8,17-18,20H,1,9-16H2,(H,38,39). The molecule has 2 saturated heterocycles. The van der Waals surface area contributed by atoms with Crippen LogP contribution in [0.2, 0.25) is 10.0 Å². The highest BCUT2D eigenvalue weighted by Crippen LogP contribution is 2.41. The molecule has 3 aromatic rings. The number of halogens is 2. The second-order valence-corrected chi connectivity index (χ2v) is 11.8. The van der Waals surface area contributed by atoms with Crippen LogP contribution in [0.4, 0.5) is 5.69 Å². The van der Waals surface area contributed by atoms with E-state index in [1.54, 1.807) is 28.0 Å². The molecule has 2 fully saturated rings. The summed E-state index contributed by atoms with van der Waals surface area (Å²) >= 11 is 14.8. The number of rotatable bonds is 7. The van der Waals surface area contributed by atoms with Crippen molar-refractivity contribution in [2.45, 2.75) is 22.6 Å². The van der Waals surface area contributed by atoms with Crippen molar-refractivity contribution in [3.05, 3.63) is 82.7 Å². The first-order valence-corrected chi connectivity index (χ1v) is 14.8. The number of aliphatic carboxylic acids is 1. The van der Waals surface area contributed by atoms with Gasteiger partial charge in [0.15, 0.2) is 5.76 Å². The average molecular weight is 615 g/mol. The van der Waals surface area contributed by atoms with E-state index in [1.165, 1.54) is 18.0 Å². The van der Waals surface area contributed by atoms with Gasteiger partial charge in [0.25, 0.3) is 11.8 Å². The van der Waals surface area contributed by atoms with E-state index >= 15 is 0 Å². The number of amides is 2. The van der Waals surface area contributed by atoms with Crippen LogP contribution in [-0.2, 0) is 9.59 Å². The van der Waals surface area contributed by atoms with E-state index in [9.17, 15) is 19.5 Å². The van der Waals surface area contributed by atoms with Crippen LogP contribution in [0.1, 0.15) is 29.0 Å². The van der Waals surface area contributed by atoms with Gasteiger partial charge in [-0.25, -0.2) is 0 Å². The van der Waals surface area contributed by atoms with Crippen LogP contribution < -0.4 is 4.90 Å². The van der Waals surface area contributed by atoms with Crippen LogP contribution in [0.25, 0.3) is 5.57 Å². The molecule has 5 rings (SSSR count). The first-order valence-electron chi connectivity index (χ1n) is 13.3. The number of carboxylic acid groups (broad SMARTS) is 1. The van der Waals surface area contributed by atoms with Gasteiger partial charge in [-0.2, -0.15) is 0 Å². The molecule has 11 heteroatoms. The summed E-state index contributed by atoms with van der Waals surface area (Å²) in [7, 11) is 0. The van der Waals surface area contributed by atoms with Gasteiger partial charge >= 0.3 is 5.97 Å². The third-order valence-corrected chi connectivity index (χ3v) is 9.51. The molecule has 0 aliphatic carbocycles. The summed E-state index contributed by atoms with van der Waals surface area (Å²) in [5.41, 5.74) is 1.74. The average Bonchev–Trinajstić information content (AvgIpc) is 3.54. The third kappa shape index (κ3) is 6.42. The van der Waals surface area contributed by atoms with Crippen LogP contribution in [0.3, 0.4) is 0 Å². The fraction of sp³-hybridized carbons (Fsp3) is 0.300. The van der Waals surface area contributed by atoms with Crippen molar-refractivity contribution in [1.82, 2.24) is 9.80 Å². The molecule has 8 nitrogen and oxygen atoms in total. The Kier molecular flexibility index (Phi) is 8.97. The van der Waals surface area contributed by atoms with Crippen molar-refractivity contribution < 1.29 is 23.9 Å². The maximum Gasteiger partial charge on any atom is 0.306 e. The minimum absolute atomic E-state index is 0.197. The summed E-state index contributed by atoms with van der Waals surface area (Å²) in [4.78, 5) is 44.3. The highest BCUT2D eigenvalue weighted by atomic mass is 35.5. The quantitative estimate of drug-likeness (QED) is 0.325. The maximum atomic E-state index is 13.2. The van der Waals surface area contributed by atoms with Crippen molar-refractivity contribution in [2.24, 2.45) is 5.92 Å². The van der Waals surface area contributed by atoms with Gasteiger partial charge in [-0.1, -0.05) is 53.7 Å². The number of carbonyl (C=O) groups excluding carboxylic acids is 2. The van der Waals surface area contributed by atoms with Gasteiger partial charge in [-0.15, -0.1) is 0 Å². The lowest BCUT2D eigenvalue weighted by molar-refractivity contribution is -0.142. The normalized spacial score (nSPS) is 16.1. The van der Waals surface area contributed by atoms with E-state index in [-0.39, 0.29) is 34.1 Å². The molecule has 1 aromatic heterocycles. The van der Waals surface area contributed by atoms with Crippen molar-refractivity contribution in [1.29, 1.82) is 0 Å². The highest BCUT2D eigenvalue weighted by Gasteiger charge is 2.29. The minimum Gasteiger partial charge on any atom is -0.481 e. The second-order valence-electron chi connectivity index (χ2n) is 9.98. The zero-order valence-electron chi connectivity index (χ0n) is 22.2. The zero-order valence-corrected chi connectivity index (χ0v) is 24.6. The highest BCUT2D eigenvalue weighted by molar-refractivity contribution is 7.99. The lowest BCUT2D eigenvalue weighted by Gasteiger charge is -2.34. The molecular weight excluding hydrogens is 585 g/mol. The van der Waals surface area contributed by atoms with Gasteiger partial charge in [0.2, 0.25) is 0 Å². The van der Waals surface area contributed by atoms with Gasteiger partial charge < -0.3 is 24.2 Å². The molecule has 1 N–H and O–H groups in total. The Bertz CT molecular complexity index is 1460. The Balaban J connectivity index is 1.22. The molecule has 0 unspecified atom stereocenters. The molecule has 0 spiro atoms. The number of furan rings is 1. The molecule has 0 saturated carbocycles. The molecule has 0 radical (unpaired) electrons. The number of anilines is 1. The Morgan fingerprint density at radius 2 is 1.61 bits per heavy atom. The van der Waals surface area contributed by atoms with Gasteiger partial charge in [-0.05, 0) is 49.2 Å². The number of hydrogen-bond acceptors (Lipinski definition) is 6. The van der Waals surface area contributed by atoms with Crippen molar-refractivity contribution in [2.75, 3.05) is 44.2 Å². The lowest BCUT2D eigenvalue weighted by atomic mass is 9.97. The maximum absolute atomic E-state index is 13.2. The molecule has 0 bridgehead atoms. The summed E-state index contributed by atoms with van der Waals surface area (Å²) in [6.07, 6.45) is 2.70. The summed E-state index contributed by atoms with van der Waals surface area (Å²) < 4.78 is 5.20. The summed E-state index contributed by atoms with van der Waals surface area (Å²) in [6.45, 7) is 6.91. The third-order valence-electron chi connectivity index (χ3n) is 7.47. The van der Waals surface area contributed by atoms with E-state index < -0.39 is 5.97 Å². The Morgan fingerprint density at radius 1 is 0.902 bits per heavy atom. The molecule has 2 aliphatic rings. The minimum atomic E-state index is -0.728. The van der Waals surface area contributed by atoms with Crippen LogP contribution in [0.5, 0.6) is 0 Å². The van der Waals surface area contributed by atoms with E-state index in [0.717, 1.165) is 15.5 Å². The molecule has 2 aliphatic heterocycles. The predicted octanol–water partition coefficient (Wildman–Crippen LogP) is 6.04. The van der Waals surface area contributed by atoms with Crippen LogP contribution >= 0.6 is 35.0 Å². The number of benzene rings is 2. The monoisotopic (exact) mass is 613 g/mol. The van der Waals surface area contributed by atoms with E-state index in [4.69, 9.17) is 27.6 Å². The first-order chi connectivity index (χ1) is 19.7. The second kappa shape index (κ2) is 12.6. The Hall–Kier alpha value is -3.40. The smallest absolute Gasteiger partial charge is 0.306 e. The first kappa shape index (κ1) is 29.1. The summed E-state index contributed by atoms with van der Waals surface area (Å²) in [5, 5.41) is 9.87. The molecule has 0 atom stereocenters. The van der Waals surface area contributed by atoms with E-state index in [0.29, 0.717) is 62.7 Å². The number of hydrogen-bond donors (Lipinski definition) is 1. The number of carbonyl (C=O) groups is 3. The van der Waals surface area contributed by atoms with Crippen LogP contribution in [-0.4, -0.2) is 72.0 Å². The molecule has 2 aromatic carbocycles. The predicted molar refractivity (Wildman–Crippen MR) is 160 cm³/mol. The van der Waals surface area contributed by atoms with Crippen LogP contribution in [0.15, 0.2) is 75.6 Å². The summed E-state index contributed by atoms with van der Waals surface area (Å²) in [5.74, 6) is -1.19. The molecular formula is C30H29Cl2N3O5S. The zero-order chi connectivity index (χ0) is 29.1. The number of piperidine rings is 1. The topological polar surface area (TPSA) is 94.3 Å². The molecule has 214 valence electrons. The van der Waals surface area contributed by atoms with Gasteiger partial charge in [0.1, 0.15) is 0 Å². The Morgan fingerprint density at radius 3 is 2.27 bits per heavy atom. The summed E-state index contributed by atoms with van der Waals surface area (Å²) in [6, 6.07) is 14.9. The molecule has 3 heterocycles. The molecule has 41 heavy (non-hydrogen) atoms. The number of piperazine rings is 1. The van der Waals surface area contributed by atoms with E-state index in [1.807, 2.05) is 24.3 Å². The van der Waals surface area contributed by atoms with Gasteiger partial charge in [0.05, 0.1) is 22.2 Å². The van der Waals surface area contributed by atoms with Crippen molar-refractivity contribution in [3.63, 3.8) is 0 Å². The largest absolute Gasteiger partial charge is 0.481 e. The van der Waals surface area contributed by atoms with Gasteiger partial charge in [-0.3, -0.25) is 14.4 Å². The van der Waals surface area contributed by atoms with Crippen molar-refractivity contribution >= 4 is 64.0 Å². The van der Waals surface area contributed by atoms with Crippen LogP contribution in [0, 0.1) is 5.92 Å². The molecule has 2 amide bonds. The lowest BCUT2D eigenvalue weighted by Crippen LogP contribution is -2.50. The fourth-order valence-corrected chi connectivity index (χ4v) is 6.60.